The van der Waals surface area contributed by atoms with E-state index < -0.39 is 18.0 Å². The number of benzene rings is 3. The lowest BCUT2D eigenvalue weighted by atomic mass is 9.84. The van der Waals surface area contributed by atoms with Gasteiger partial charge in [0.05, 0.1) is 13.0 Å². The van der Waals surface area contributed by atoms with Crippen molar-refractivity contribution in [1.82, 2.24) is 0 Å². The number of hydrogen-bond donors (Lipinski definition) is 0. The molecule has 3 aromatic carbocycles. The molecule has 0 amide bonds. The van der Waals surface area contributed by atoms with Crippen molar-refractivity contribution in [3.63, 3.8) is 0 Å². The molecule has 3 atom stereocenters. The van der Waals surface area contributed by atoms with Crippen LogP contribution < -0.4 is 9.47 Å². The summed E-state index contributed by atoms with van der Waals surface area (Å²) >= 11 is 0. The van der Waals surface area contributed by atoms with E-state index in [9.17, 15) is 10.1 Å². The monoisotopic (exact) mass is 467 g/mol. The van der Waals surface area contributed by atoms with Gasteiger partial charge in [-0.05, 0) is 54.4 Å². The molecule has 35 heavy (non-hydrogen) atoms. The first-order valence-electron chi connectivity index (χ1n) is 11.5. The van der Waals surface area contributed by atoms with E-state index in [1.54, 1.807) is 31.4 Å². The lowest BCUT2D eigenvalue weighted by Crippen LogP contribution is -2.29. The summed E-state index contributed by atoms with van der Waals surface area (Å²) in [5.74, 6) is 7.07. The van der Waals surface area contributed by atoms with Crippen molar-refractivity contribution in [1.29, 1.82) is 5.26 Å². The van der Waals surface area contributed by atoms with Gasteiger partial charge in [0.15, 0.2) is 0 Å². The molecule has 0 aromatic heterocycles. The highest BCUT2D eigenvalue weighted by Crippen LogP contribution is 2.29. The number of para-hydroxylation sites is 1. The molecule has 3 aromatic rings. The van der Waals surface area contributed by atoms with Gasteiger partial charge in [-0.25, -0.2) is 0 Å². The summed E-state index contributed by atoms with van der Waals surface area (Å²) in [5.41, 5.74) is 1.38. The molecule has 0 heterocycles. The zero-order valence-corrected chi connectivity index (χ0v) is 20.4. The largest absolute Gasteiger partial charge is 0.497 e. The standard InChI is InChI=1S/C30H29NO4/c1-21(2)29(22(3)13-14-23-15-17-25(33-4)18-16-23)30(32)35-28(20-31)24-9-8-12-27(19-24)34-26-10-6-5-7-11-26/h5-12,15-19,21-22,28-29H,1-4H3. The van der Waals surface area contributed by atoms with Crippen molar-refractivity contribution >= 4 is 5.97 Å². The molecular formula is C30H29NO4. The molecule has 0 aliphatic heterocycles. The number of ether oxygens (including phenoxy) is 3. The van der Waals surface area contributed by atoms with Crippen molar-refractivity contribution in [2.24, 2.45) is 17.8 Å². The molecular weight excluding hydrogens is 438 g/mol. The minimum absolute atomic E-state index is 0.0187. The second-order valence-corrected chi connectivity index (χ2v) is 8.49. The van der Waals surface area contributed by atoms with Crippen LogP contribution in [0.3, 0.4) is 0 Å². The molecule has 5 heteroatoms. The average molecular weight is 468 g/mol. The second kappa shape index (κ2) is 12.3. The third kappa shape index (κ3) is 7.13. The highest BCUT2D eigenvalue weighted by Gasteiger charge is 2.31. The number of carbonyl (C=O) groups excluding carboxylic acids is 1. The van der Waals surface area contributed by atoms with E-state index in [1.165, 1.54) is 0 Å². The Morgan fingerprint density at radius 1 is 0.857 bits per heavy atom. The number of rotatable bonds is 8. The summed E-state index contributed by atoms with van der Waals surface area (Å²) in [7, 11) is 1.61. The minimum atomic E-state index is -1.05. The van der Waals surface area contributed by atoms with Crippen molar-refractivity contribution < 1.29 is 19.0 Å². The molecule has 178 valence electrons. The lowest BCUT2D eigenvalue weighted by molar-refractivity contribution is -0.154. The van der Waals surface area contributed by atoms with E-state index in [1.807, 2.05) is 75.4 Å². The van der Waals surface area contributed by atoms with Gasteiger partial charge < -0.3 is 14.2 Å². The molecule has 0 fully saturated rings. The number of hydrogen-bond acceptors (Lipinski definition) is 5. The SMILES string of the molecule is COc1ccc(C#CC(C)C(C(=O)OC(C#N)c2cccc(Oc3ccccc3)c2)C(C)C)cc1. The number of esters is 1. The van der Waals surface area contributed by atoms with Gasteiger partial charge in [-0.3, -0.25) is 4.79 Å². The van der Waals surface area contributed by atoms with Crippen molar-refractivity contribution in [2.45, 2.75) is 26.9 Å². The molecule has 0 radical (unpaired) electrons. The van der Waals surface area contributed by atoms with E-state index in [-0.39, 0.29) is 11.8 Å². The van der Waals surface area contributed by atoms with Gasteiger partial charge in [0, 0.05) is 17.0 Å². The molecule has 0 saturated carbocycles. The first-order chi connectivity index (χ1) is 16.9. The van der Waals surface area contributed by atoms with Crippen LogP contribution >= 0.6 is 0 Å². The number of nitrogens with zero attached hydrogens (tertiary/aromatic N) is 1. The predicted octanol–water partition coefficient (Wildman–Crippen LogP) is 6.56. The Balaban J connectivity index is 1.73. The summed E-state index contributed by atoms with van der Waals surface area (Å²) in [5, 5.41) is 9.76. The summed E-state index contributed by atoms with van der Waals surface area (Å²) in [6.07, 6.45) is -1.05. The van der Waals surface area contributed by atoms with Gasteiger partial charge in [-0.1, -0.05) is 62.9 Å². The fraction of sp³-hybridized carbons (Fsp3) is 0.267. The third-order valence-corrected chi connectivity index (χ3v) is 5.55. The molecule has 0 spiro atoms. The minimum Gasteiger partial charge on any atom is -0.497 e. The van der Waals surface area contributed by atoms with Crippen LogP contribution in [0, 0.1) is 40.9 Å². The maximum absolute atomic E-state index is 13.2. The van der Waals surface area contributed by atoms with E-state index >= 15 is 0 Å². The van der Waals surface area contributed by atoms with Crippen LogP contribution in [0.25, 0.3) is 0 Å². The first kappa shape index (κ1) is 25.4. The molecule has 0 bridgehead atoms. The van der Waals surface area contributed by atoms with Gasteiger partial charge in [-0.15, -0.1) is 0 Å². The molecule has 3 rings (SSSR count). The van der Waals surface area contributed by atoms with Gasteiger partial charge in [0.1, 0.15) is 23.3 Å². The Bertz CT molecular complexity index is 1220. The lowest BCUT2D eigenvalue weighted by Gasteiger charge is -2.24. The van der Waals surface area contributed by atoms with Gasteiger partial charge in [0.2, 0.25) is 6.10 Å². The Labute approximate surface area is 207 Å². The Hall–Kier alpha value is -4.22. The van der Waals surface area contributed by atoms with Crippen LogP contribution in [0.4, 0.5) is 0 Å². The van der Waals surface area contributed by atoms with Crippen molar-refractivity contribution in [2.75, 3.05) is 7.11 Å². The van der Waals surface area contributed by atoms with Crippen LogP contribution in [-0.4, -0.2) is 13.1 Å². The highest BCUT2D eigenvalue weighted by molar-refractivity contribution is 5.74. The third-order valence-electron chi connectivity index (χ3n) is 5.55. The van der Waals surface area contributed by atoms with Crippen molar-refractivity contribution in [3.8, 4) is 35.2 Å². The topological polar surface area (TPSA) is 68.5 Å². The average Bonchev–Trinajstić information content (AvgIpc) is 2.87. The van der Waals surface area contributed by atoms with E-state index in [4.69, 9.17) is 14.2 Å². The first-order valence-corrected chi connectivity index (χ1v) is 11.5. The zero-order valence-electron chi connectivity index (χ0n) is 20.4. The zero-order chi connectivity index (χ0) is 25.2. The van der Waals surface area contributed by atoms with Gasteiger partial charge in [0.25, 0.3) is 0 Å². The predicted molar refractivity (Wildman–Crippen MR) is 135 cm³/mol. The molecule has 0 N–H and O–H groups in total. The number of carbonyl (C=O) groups is 1. The summed E-state index contributed by atoms with van der Waals surface area (Å²) in [6, 6.07) is 25.9. The van der Waals surface area contributed by atoms with Gasteiger partial charge in [-0.2, -0.15) is 5.26 Å². The van der Waals surface area contributed by atoms with Crippen LogP contribution in [0.1, 0.15) is 38.0 Å². The summed E-state index contributed by atoms with van der Waals surface area (Å²) < 4.78 is 16.7. The normalized spacial score (nSPS) is 12.9. The molecule has 5 nitrogen and oxygen atoms in total. The second-order valence-electron chi connectivity index (χ2n) is 8.49. The van der Waals surface area contributed by atoms with Gasteiger partial charge >= 0.3 is 5.97 Å². The molecule has 0 saturated heterocycles. The van der Waals surface area contributed by atoms with Crippen LogP contribution in [0.15, 0.2) is 78.9 Å². The fourth-order valence-electron chi connectivity index (χ4n) is 3.74. The highest BCUT2D eigenvalue weighted by atomic mass is 16.5. The Morgan fingerprint density at radius 2 is 1.54 bits per heavy atom. The van der Waals surface area contributed by atoms with E-state index in [0.717, 1.165) is 11.3 Å². The molecule has 0 aliphatic carbocycles. The molecule has 0 aliphatic rings. The fourth-order valence-corrected chi connectivity index (χ4v) is 3.74. The maximum Gasteiger partial charge on any atom is 0.312 e. The maximum atomic E-state index is 13.2. The summed E-state index contributed by atoms with van der Waals surface area (Å²) in [6.45, 7) is 5.80. The Kier molecular flexibility index (Phi) is 8.93. The van der Waals surface area contributed by atoms with Crippen LogP contribution in [0.5, 0.6) is 17.2 Å². The van der Waals surface area contributed by atoms with E-state index in [2.05, 4.69) is 17.9 Å². The number of methoxy groups -OCH3 is 1. The Morgan fingerprint density at radius 3 is 2.17 bits per heavy atom. The molecule has 3 unspecified atom stereocenters. The number of nitriles is 1. The summed E-state index contributed by atoms with van der Waals surface area (Å²) in [4.78, 5) is 13.2. The van der Waals surface area contributed by atoms with Crippen LogP contribution in [-0.2, 0) is 9.53 Å². The van der Waals surface area contributed by atoms with E-state index in [0.29, 0.717) is 17.1 Å². The smallest absolute Gasteiger partial charge is 0.312 e. The van der Waals surface area contributed by atoms with Crippen LogP contribution in [0.2, 0.25) is 0 Å². The van der Waals surface area contributed by atoms with Crippen molar-refractivity contribution in [3.05, 3.63) is 90.0 Å². The quantitative estimate of drug-likeness (QED) is 0.277.